The Morgan fingerprint density at radius 3 is 3.06 bits per heavy atom. The van der Waals surface area contributed by atoms with Crippen LogP contribution in [0.25, 0.3) is 0 Å². The van der Waals surface area contributed by atoms with Gasteiger partial charge in [-0.3, -0.25) is 4.68 Å². The maximum Gasteiger partial charge on any atom is 0.0537 e. The van der Waals surface area contributed by atoms with Gasteiger partial charge in [-0.05, 0) is 27.4 Å². The Morgan fingerprint density at radius 1 is 1.65 bits per heavy atom. The first-order valence-corrected chi connectivity index (χ1v) is 7.01. The summed E-state index contributed by atoms with van der Waals surface area (Å²) in [6.45, 7) is 1.59. The molecule has 0 fully saturated rings. The van der Waals surface area contributed by atoms with E-state index < -0.39 is 0 Å². The van der Waals surface area contributed by atoms with Crippen molar-refractivity contribution < 1.29 is 0 Å². The van der Waals surface area contributed by atoms with Gasteiger partial charge in [-0.1, -0.05) is 0 Å². The van der Waals surface area contributed by atoms with Crippen LogP contribution in [0.2, 0.25) is 0 Å². The molecule has 0 saturated carbocycles. The minimum atomic E-state index is -0.0116. The van der Waals surface area contributed by atoms with Gasteiger partial charge in [0.15, 0.2) is 0 Å². The fraction of sp³-hybridized carbons (Fsp3) is 0.364. The van der Waals surface area contributed by atoms with E-state index in [1.54, 1.807) is 16.0 Å². The van der Waals surface area contributed by atoms with Crippen LogP contribution in [0.3, 0.4) is 0 Å². The van der Waals surface area contributed by atoms with Gasteiger partial charge in [-0.25, -0.2) is 0 Å². The third kappa shape index (κ3) is 3.38. The van der Waals surface area contributed by atoms with Gasteiger partial charge in [-0.15, -0.1) is 11.3 Å². The molecule has 0 bridgehead atoms. The maximum absolute atomic E-state index is 6.06. The largest absolute Gasteiger partial charge is 0.323 e. The van der Waals surface area contributed by atoms with Crippen molar-refractivity contribution in [1.82, 2.24) is 15.1 Å². The topological polar surface area (TPSA) is 55.9 Å². The molecule has 0 aliphatic heterocycles. The average Bonchev–Trinajstić information content (AvgIpc) is 2.88. The molecule has 0 radical (unpaired) electrons. The second kappa shape index (κ2) is 5.77. The summed E-state index contributed by atoms with van der Waals surface area (Å²) >= 11 is 5.24. The summed E-state index contributed by atoms with van der Waals surface area (Å²) in [5, 5.41) is 9.54. The van der Waals surface area contributed by atoms with Crippen molar-refractivity contribution in [1.29, 1.82) is 0 Å². The van der Waals surface area contributed by atoms with Gasteiger partial charge in [0.1, 0.15) is 0 Å². The molecule has 2 heterocycles. The molecule has 0 aromatic carbocycles. The molecular weight excluding hydrogens is 300 g/mol. The van der Waals surface area contributed by atoms with Crippen molar-refractivity contribution >= 4 is 27.3 Å². The van der Waals surface area contributed by atoms with Gasteiger partial charge in [0.05, 0.1) is 6.20 Å². The van der Waals surface area contributed by atoms with E-state index in [4.69, 9.17) is 5.73 Å². The lowest BCUT2D eigenvalue weighted by Crippen LogP contribution is -2.26. The fourth-order valence-electron chi connectivity index (χ4n) is 1.54. The van der Waals surface area contributed by atoms with Crippen LogP contribution in [-0.2, 0) is 13.6 Å². The van der Waals surface area contributed by atoms with E-state index in [0.717, 1.165) is 23.1 Å². The minimum Gasteiger partial charge on any atom is -0.323 e. The van der Waals surface area contributed by atoms with Crippen LogP contribution in [0.4, 0.5) is 0 Å². The van der Waals surface area contributed by atoms with E-state index in [2.05, 4.69) is 37.8 Å². The number of aryl methyl sites for hydroxylation is 1. The highest BCUT2D eigenvalue weighted by molar-refractivity contribution is 9.10. The summed E-state index contributed by atoms with van der Waals surface area (Å²) < 4.78 is 2.93. The lowest BCUT2D eigenvalue weighted by atomic mass is 10.2. The Hall–Kier alpha value is -0.690. The third-order valence-electron chi connectivity index (χ3n) is 2.49. The Kier molecular flexibility index (Phi) is 4.33. The maximum atomic E-state index is 6.06. The highest BCUT2D eigenvalue weighted by atomic mass is 79.9. The van der Waals surface area contributed by atoms with E-state index in [1.165, 1.54) is 4.88 Å². The molecule has 0 amide bonds. The van der Waals surface area contributed by atoms with Crippen LogP contribution in [0.1, 0.15) is 16.5 Å². The van der Waals surface area contributed by atoms with Crippen LogP contribution in [0, 0.1) is 0 Å². The van der Waals surface area contributed by atoms with Crippen molar-refractivity contribution in [3.05, 3.63) is 38.8 Å². The molecule has 4 nitrogen and oxygen atoms in total. The zero-order chi connectivity index (χ0) is 12.3. The van der Waals surface area contributed by atoms with E-state index in [-0.39, 0.29) is 6.04 Å². The Balaban J connectivity index is 1.81. The van der Waals surface area contributed by atoms with Crippen LogP contribution >= 0.6 is 27.3 Å². The Bertz CT molecular complexity index is 479. The molecule has 2 aromatic heterocycles. The lowest BCUT2D eigenvalue weighted by Gasteiger charge is -2.10. The minimum absolute atomic E-state index is 0.0116. The van der Waals surface area contributed by atoms with Crippen LogP contribution in [0.15, 0.2) is 28.3 Å². The molecule has 2 aromatic rings. The quantitative estimate of drug-likeness (QED) is 0.888. The van der Waals surface area contributed by atoms with Gasteiger partial charge in [-0.2, -0.15) is 5.10 Å². The first-order chi connectivity index (χ1) is 8.16. The number of thiophene rings is 1. The molecule has 1 atom stereocenters. The molecule has 0 aliphatic carbocycles. The van der Waals surface area contributed by atoms with E-state index >= 15 is 0 Å². The first kappa shape index (κ1) is 12.8. The van der Waals surface area contributed by atoms with Crippen molar-refractivity contribution in [3.8, 4) is 0 Å². The smallest absolute Gasteiger partial charge is 0.0537 e. The van der Waals surface area contributed by atoms with E-state index in [9.17, 15) is 0 Å². The molecule has 2 rings (SSSR count). The molecule has 0 spiro atoms. The second-order valence-electron chi connectivity index (χ2n) is 3.88. The molecule has 17 heavy (non-hydrogen) atoms. The van der Waals surface area contributed by atoms with Crippen LogP contribution in [0.5, 0.6) is 0 Å². The summed E-state index contributed by atoms with van der Waals surface area (Å²) in [5.41, 5.74) is 7.12. The SMILES string of the molecule is Cn1cc(C(N)CNCc2sccc2Br)cn1. The third-order valence-corrected chi connectivity index (χ3v) is 4.42. The van der Waals surface area contributed by atoms with Crippen molar-refractivity contribution in [2.24, 2.45) is 12.8 Å². The molecule has 1 unspecified atom stereocenters. The monoisotopic (exact) mass is 314 g/mol. The van der Waals surface area contributed by atoms with Gasteiger partial charge in [0.2, 0.25) is 0 Å². The predicted molar refractivity (Wildman–Crippen MR) is 73.9 cm³/mol. The number of nitrogens with zero attached hydrogens (tertiary/aromatic N) is 2. The molecular formula is C11H15BrN4S. The number of nitrogens with one attached hydrogen (secondary N) is 1. The number of nitrogens with two attached hydrogens (primary N) is 1. The molecule has 0 saturated heterocycles. The van der Waals surface area contributed by atoms with Crippen LogP contribution < -0.4 is 11.1 Å². The fourth-order valence-corrected chi connectivity index (χ4v) is 3.00. The summed E-state index contributed by atoms with van der Waals surface area (Å²) in [4.78, 5) is 1.29. The molecule has 92 valence electrons. The van der Waals surface area contributed by atoms with E-state index in [1.807, 2.05) is 19.4 Å². The van der Waals surface area contributed by atoms with E-state index in [0.29, 0.717) is 0 Å². The number of hydrogen-bond acceptors (Lipinski definition) is 4. The first-order valence-electron chi connectivity index (χ1n) is 5.33. The number of aromatic nitrogens is 2. The average molecular weight is 315 g/mol. The lowest BCUT2D eigenvalue weighted by molar-refractivity contribution is 0.600. The molecule has 0 aliphatic rings. The van der Waals surface area contributed by atoms with Crippen LogP contribution in [-0.4, -0.2) is 16.3 Å². The van der Waals surface area contributed by atoms with Crippen molar-refractivity contribution in [2.75, 3.05) is 6.54 Å². The number of hydrogen-bond donors (Lipinski definition) is 2. The summed E-state index contributed by atoms with van der Waals surface area (Å²) in [6, 6.07) is 2.05. The zero-order valence-electron chi connectivity index (χ0n) is 9.56. The highest BCUT2D eigenvalue weighted by Crippen LogP contribution is 2.22. The number of rotatable bonds is 5. The van der Waals surface area contributed by atoms with Crippen molar-refractivity contribution in [3.63, 3.8) is 0 Å². The standard InChI is InChI=1S/C11H15BrN4S/c1-16-7-8(4-15-16)10(13)5-14-6-11-9(12)2-3-17-11/h2-4,7,10,14H,5-6,13H2,1H3. The van der Waals surface area contributed by atoms with Crippen molar-refractivity contribution in [2.45, 2.75) is 12.6 Å². The molecule has 6 heteroatoms. The second-order valence-corrected chi connectivity index (χ2v) is 5.73. The summed E-state index contributed by atoms with van der Waals surface area (Å²) in [5.74, 6) is 0. The summed E-state index contributed by atoms with van der Waals surface area (Å²) in [7, 11) is 1.90. The Labute approximate surface area is 113 Å². The predicted octanol–water partition coefficient (Wildman–Crippen LogP) is 2.03. The number of halogens is 1. The van der Waals surface area contributed by atoms with Gasteiger partial charge >= 0.3 is 0 Å². The zero-order valence-corrected chi connectivity index (χ0v) is 12.0. The molecule has 3 N–H and O–H groups in total. The van der Waals surface area contributed by atoms with Gasteiger partial charge in [0, 0.05) is 47.3 Å². The van der Waals surface area contributed by atoms with Gasteiger partial charge in [0.25, 0.3) is 0 Å². The highest BCUT2D eigenvalue weighted by Gasteiger charge is 2.08. The Morgan fingerprint density at radius 2 is 2.47 bits per heavy atom. The normalized spacial score (nSPS) is 12.9. The summed E-state index contributed by atoms with van der Waals surface area (Å²) in [6.07, 6.45) is 3.76. The van der Waals surface area contributed by atoms with Gasteiger partial charge < -0.3 is 11.1 Å².